The molecular weight excluding hydrogens is 903 g/mol. The highest BCUT2D eigenvalue weighted by Crippen LogP contribution is 2.20. The van der Waals surface area contributed by atoms with Crippen LogP contribution in [-0.4, -0.2) is 110 Å². The van der Waals surface area contributed by atoms with E-state index in [9.17, 15) is 19.5 Å². The van der Waals surface area contributed by atoms with Crippen molar-refractivity contribution in [1.82, 2.24) is 15.1 Å². The highest BCUT2D eigenvalue weighted by molar-refractivity contribution is 5.76. The van der Waals surface area contributed by atoms with Crippen LogP contribution < -0.4 is 5.32 Å². The summed E-state index contributed by atoms with van der Waals surface area (Å²) in [6.45, 7) is 21.2. The Bertz CT molecular complexity index is 1240. The summed E-state index contributed by atoms with van der Waals surface area (Å²) in [5, 5.41) is 15.2. The second-order valence-electron chi connectivity index (χ2n) is 20.3. The van der Waals surface area contributed by atoms with Crippen LogP contribution in [0.3, 0.4) is 0 Å². The number of aliphatic hydroxyl groups excluding tert-OH is 1. The summed E-state index contributed by atoms with van der Waals surface area (Å²) in [5.41, 5.74) is 0. The van der Waals surface area contributed by atoms with Crippen molar-refractivity contribution in [3.8, 4) is 0 Å². The standard InChI is InChI=1S/C61H117N3O8/c1-8-15-20-24-30-36-48-62-61(68)56(43-39-49-63(13-6)14-7)64(57(65)44-34-28-27-29-35-45-58(66)72-54-55(41-19-12-5)42-33-23-18-11-4)50-40-53-69-59(67)46-47-60(70-51-37-31-25-21-16-9-2)71-52-38-32-26-22-17-10-3/h16-17,21-22,55-56,60-62,68H,8-15,18-20,23-54H2,1-7H3/b21-16-,22-17-. The van der Waals surface area contributed by atoms with Crippen molar-refractivity contribution in [2.45, 2.75) is 285 Å². The molecule has 0 aromatic rings. The molecule has 0 aliphatic heterocycles. The Balaban J connectivity index is 5.59. The van der Waals surface area contributed by atoms with Gasteiger partial charge in [0, 0.05) is 39.0 Å². The number of ether oxygens (including phenoxy) is 4. The number of allylic oxidation sites excluding steroid dienone is 4. The minimum atomic E-state index is -0.857. The molecule has 0 radical (unpaired) electrons. The fourth-order valence-corrected chi connectivity index (χ4v) is 9.15. The predicted octanol–water partition coefficient (Wildman–Crippen LogP) is 15.0. The van der Waals surface area contributed by atoms with Gasteiger partial charge in [-0.15, -0.1) is 0 Å². The van der Waals surface area contributed by atoms with E-state index in [0.29, 0.717) is 70.9 Å². The Hall–Kier alpha value is -2.31. The first-order valence-corrected chi connectivity index (χ1v) is 30.5. The summed E-state index contributed by atoms with van der Waals surface area (Å²) >= 11 is 0. The number of hydrogen-bond donors (Lipinski definition) is 2. The summed E-state index contributed by atoms with van der Waals surface area (Å²) in [7, 11) is 0. The Kier molecular flexibility index (Phi) is 51.8. The van der Waals surface area contributed by atoms with E-state index in [4.69, 9.17) is 18.9 Å². The molecule has 0 saturated carbocycles. The van der Waals surface area contributed by atoms with Crippen LogP contribution in [0.2, 0.25) is 0 Å². The number of esters is 2. The van der Waals surface area contributed by atoms with Crippen LogP contribution >= 0.6 is 0 Å². The molecule has 0 aliphatic rings. The fraction of sp³-hybridized carbons (Fsp3) is 0.885. The summed E-state index contributed by atoms with van der Waals surface area (Å²) in [5.74, 6) is 0.124. The van der Waals surface area contributed by atoms with Gasteiger partial charge >= 0.3 is 11.9 Å². The first kappa shape index (κ1) is 69.7. The molecule has 424 valence electrons. The van der Waals surface area contributed by atoms with Crippen LogP contribution in [0.5, 0.6) is 0 Å². The predicted molar refractivity (Wildman–Crippen MR) is 302 cm³/mol. The molecule has 0 heterocycles. The van der Waals surface area contributed by atoms with Crippen molar-refractivity contribution >= 4 is 17.8 Å². The molecule has 11 heteroatoms. The number of unbranched alkanes of at least 4 members (excludes halogenated alkanes) is 17. The van der Waals surface area contributed by atoms with Crippen LogP contribution in [0.1, 0.15) is 267 Å². The van der Waals surface area contributed by atoms with E-state index >= 15 is 0 Å². The largest absolute Gasteiger partial charge is 0.466 e. The first-order chi connectivity index (χ1) is 35.2. The third kappa shape index (κ3) is 43.0. The van der Waals surface area contributed by atoms with E-state index in [2.05, 4.69) is 83.0 Å². The molecule has 2 N–H and O–H groups in total. The third-order valence-corrected chi connectivity index (χ3v) is 13.9. The molecule has 0 spiro atoms. The van der Waals surface area contributed by atoms with E-state index in [1.807, 2.05) is 4.90 Å². The maximum absolute atomic E-state index is 14.3. The Labute approximate surface area is 444 Å². The molecule has 11 nitrogen and oxygen atoms in total. The average Bonchev–Trinajstić information content (AvgIpc) is 3.38. The van der Waals surface area contributed by atoms with Crippen LogP contribution in [0.15, 0.2) is 24.3 Å². The van der Waals surface area contributed by atoms with Gasteiger partial charge in [0.1, 0.15) is 6.23 Å². The summed E-state index contributed by atoms with van der Waals surface area (Å²) in [6.07, 6.45) is 40.1. The van der Waals surface area contributed by atoms with Gasteiger partial charge in [-0.05, 0) is 135 Å². The molecule has 3 unspecified atom stereocenters. The normalized spacial score (nSPS) is 13.2. The fourth-order valence-electron chi connectivity index (χ4n) is 9.15. The van der Waals surface area contributed by atoms with Crippen LogP contribution in [0, 0.1) is 5.92 Å². The minimum Gasteiger partial charge on any atom is -0.466 e. The Morgan fingerprint density at radius 2 is 1.06 bits per heavy atom. The molecule has 0 bridgehead atoms. The third-order valence-electron chi connectivity index (χ3n) is 13.9. The van der Waals surface area contributed by atoms with Gasteiger partial charge in [0.15, 0.2) is 6.29 Å². The maximum Gasteiger partial charge on any atom is 0.305 e. The zero-order valence-corrected chi connectivity index (χ0v) is 48.2. The van der Waals surface area contributed by atoms with Gasteiger partial charge in [-0.3, -0.25) is 19.7 Å². The molecule has 0 rings (SSSR count). The summed E-state index contributed by atoms with van der Waals surface area (Å²) in [4.78, 5) is 44.3. The smallest absolute Gasteiger partial charge is 0.305 e. The number of hydrogen-bond acceptors (Lipinski definition) is 10. The second-order valence-corrected chi connectivity index (χ2v) is 20.3. The molecular formula is C61H117N3O8. The lowest BCUT2D eigenvalue weighted by atomic mass is 9.96. The van der Waals surface area contributed by atoms with E-state index in [-0.39, 0.29) is 30.9 Å². The van der Waals surface area contributed by atoms with Gasteiger partial charge in [0.25, 0.3) is 0 Å². The van der Waals surface area contributed by atoms with Crippen molar-refractivity contribution in [2.75, 3.05) is 59.2 Å². The molecule has 0 aliphatic carbocycles. The summed E-state index contributed by atoms with van der Waals surface area (Å²) < 4.78 is 23.8. The van der Waals surface area contributed by atoms with E-state index in [1.165, 1.54) is 64.2 Å². The Morgan fingerprint density at radius 3 is 1.67 bits per heavy atom. The molecule has 1 amide bonds. The zero-order chi connectivity index (χ0) is 53.0. The van der Waals surface area contributed by atoms with Crippen molar-refractivity contribution < 1.29 is 38.4 Å². The quantitative estimate of drug-likeness (QED) is 0.0263. The molecule has 0 fully saturated rings. The molecule has 72 heavy (non-hydrogen) atoms. The molecule has 0 aromatic heterocycles. The van der Waals surface area contributed by atoms with Gasteiger partial charge in [-0.25, -0.2) is 0 Å². The Morgan fingerprint density at radius 1 is 0.500 bits per heavy atom. The second kappa shape index (κ2) is 53.5. The minimum absolute atomic E-state index is 0.0328. The first-order valence-electron chi connectivity index (χ1n) is 30.5. The number of nitrogens with zero attached hydrogens (tertiary/aromatic N) is 2. The highest BCUT2D eigenvalue weighted by Gasteiger charge is 2.29. The van der Waals surface area contributed by atoms with Gasteiger partial charge in [-0.2, -0.15) is 0 Å². The number of amides is 1. The molecule has 3 atom stereocenters. The molecule has 0 saturated heterocycles. The lowest BCUT2D eigenvalue weighted by molar-refractivity contribution is -0.159. The van der Waals surface area contributed by atoms with E-state index in [0.717, 1.165) is 135 Å². The number of aliphatic hydroxyl groups is 1. The van der Waals surface area contributed by atoms with Gasteiger partial charge in [0.05, 0.1) is 25.7 Å². The van der Waals surface area contributed by atoms with E-state index in [1.54, 1.807) is 0 Å². The zero-order valence-electron chi connectivity index (χ0n) is 48.2. The number of carbonyl (C=O) groups is 3. The lowest BCUT2D eigenvalue weighted by Gasteiger charge is -2.36. The lowest BCUT2D eigenvalue weighted by Crippen LogP contribution is -2.53. The number of nitrogens with one attached hydrogen (secondary N) is 1. The average molecular weight is 1020 g/mol. The van der Waals surface area contributed by atoms with Gasteiger partial charge in [0.2, 0.25) is 5.91 Å². The van der Waals surface area contributed by atoms with Crippen molar-refractivity contribution in [3.05, 3.63) is 24.3 Å². The van der Waals surface area contributed by atoms with Crippen molar-refractivity contribution in [3.63, 3.8) is 0 Å². The maximum atomic E-state index is 14.3. The summed E-state index contributed by atoms with van der Waals surface area (Å²) in [6, 6.07) is -0.395. The molecule has 0 aromatic carbocycles. The van der Waals surface area contributed by atoms with Crippen LogP contribution in [-0.2, 0) is 33.3 Å². The van der Waals surface area contributed by atoms with Gasteiger partial charge < -0.3 is 33.9 Å². The van der Waals surface area contributed by atoms with Crippen LogP contribution in [0.4, 0.5) is 0 Å². The monoisotopic (exact) mass is 1020 g/mol. The van der Waals surface area contributed by atoms with Crippen molar-refractivity contribution in [1.29, 1.82) is 0 Å². The van der Waals surface area contributed by atoms with E-state index < -0.39 is 18.6 Å². The van der Waals surface area contributed by atoms with Crippen molar-refractivity contribution in [2.24, 2.45) is 5.92 Å². The topological polar surface area (TPSA) is 127 Å². The number of rotatable bonds is 55. The highest BCUT2D eigenvalue weighted by atomic mass is 16.7. The van der Waals surface area contributed by atoms with Gasteiger partial charge in [-0.1, -0.05) is 163 Å². The SMILES string of the molecule is CC/C=C\CCCCOC(CCC(=O)OCCCN(C(=O)CCCCCCCC(=O)OCC(CCCC)CCCCCC)C(CCCN(CC)CC)C(O)NCCCCCCCC)OCCCC/C=C\CC. The number of carbonyl (C=O) groups excluding carboxylic acids is 3. The van der Waals surface area contributed by atoms with Crippen LogP contribution in [0.25, 0.3) is 0 Å².